The van der Waals surface area contributed by atoms with E-state index < -0.39 is 22.4 Å². The molecular weight excluding hydrogens is 277 g/mol. The van der Waals surface area contributed by atoms with Crippen LogP contribution in [0.15, 0.2) is 18.2 Å². The quantitative estimate of drug-likeness (QED) is 0.311. The summed E-state index contributed by atoms with van der Waals surface area (Å²) >= 11 is 0. The highest BCUT2D eigenvalue weighted by Gasteiger charge is 2.19. The van der Waals surface area contributed by atoms with Crippen molar-refractivity contribution in [2.24, 2.45) is 0 Å². The van der Waals surface area contributed by atoms with E-state index in [1.807, 2.05) is 0 Å². The number of esters is 1. The molecule has 0 aliphatic rings. The van der Waals surface area contributed by atoms with Crippen LogP contribution in [0.2, 0.25) is 0 Å². The van der Waals surface area contributed by atoms with Gasteiger partial charge in [-0.05, 0) is 31.9 Å². The van der Waals surface area contributed by atoms with Crippen molar-refractivity contribution in [3.05, 3.63) is 39.7 Å². The van der Waals surface area contributed by atoms with Gasteiger partial charge in [0.15, 0.2) is 0 Å². The van der Waals surface area contributed by atoms with Crippen LogP contribution in [-0.4, -0.2) is 17.0 Å². The molecule has 0 N–H and O–H groups in total. The van der Waals surface area contributed by atoms with E-state index in [0.29, 0.717) is 0 Å². The van der Waals surface area contributed by atoms with Gasteiger partial charge in [0.1, 0.15) is 0 Å². The number of hydrogen-bond donors (Lipinski definition) is 0. The molecule has 0 aromatic heterocycles. The summed E-state index contributed by atoms with van der Waals surface area (Å²) in [5.74, 6) is -1.63. The molecule has 5 nitrogen and oxygen atoms in total. The standard InChI is InChI=1S/C15H20FNO4/c1-3-4-5-6-7-11(2)21-15(18)12-8-9-13(16)14(10-12)17(19)20/h8-11H,3-7H2,1-2H3. The molecular formula is C15H20FNO4. The van der Waals surface area contributed by atoms with Gasteiger partial charge in [0, 0.05) is 6.07 Å². The lowest BCUT2D eigenvalue weighted by Gasteiger charge is -2.13. The number of benzene rings is 1. The van der Waals surface area contributed by atoms with E-state index in [-0.39, 0.29) is 11.7 Å². The molecule has 116 valence electrons. The van der Waals surface area contributed by atoms with E-state index in [0.717, 1.165) is 44.2 Å². The summed E-state index contributed by atoms with van der Waals surface area (Å²) in [6.07, 6.45) is 4.80. The van der Waals surface area contributed by atoms with E-state index in [9.17, 15) is 19.3 Å². The molecule has 6 heteroatoms. The Morgan fingerprint density at radius 3 is 2.71 bits per heavy atom. The number of nitrogens with zero attached hydrogens (tertiary/aromatic N) is 1. The Balaban J connectivity index is 2.59. The maximum Gasteiger partial charge on any atom is 0.338 e. The van der Waals surface area contributed by atoms with Gasteiger partial charge in [0.25, 0.3) is 0 Å². The number of rotatable bonds is 8. The molecule has 1 unspecified atom stereocenters. The zero-order valence-electron chi connectivity index (χ0n) is 12.3. The predicted octanol–water partition coefficient (Wildman–Crippen LogP) is 4.25. The molecule has 1 atom stereocenters. The van der Waals surface area contributed by atoms with Crippen molar-refractivity contribution in [1.82, 2.24) is 0 Å². The Labute approximate surface area is 123 Å². The van der Waals surface area contributed by atoms with Crippen LogP contribution in [0.3, 0.4) is 0 Å². The van der Waals surface area contributed by atoms with Crippen LogP contribution in [0, 0.1) is 15.9 Å². The van der Waals surface area contributed by atoms with E-state index in [4.69, 9.17) is 4.74 Å². The van der Waals surface area contributed by atoms with Crippen molar-refractivity contribution in [3.63, 3.8) is 0 Å². The monoisotopic (exact) mass is 297 g/mol. The maximum atomic E-state index is 13.2. The average molecular weight is 297 g/mol. The molecule has 1 aromatic carbocycles. The Morgan fingerprint density at radius 1 is 1.38 bits per heavy atom. The number of hydrogen-bond acceptors (Lipinski definition) is 4. The van der Waals surface area contributed by atoms with Crippen molar-refractivity contribution in [1.29, 1.82) is 0 Å². The van der Waals surface area contributed by atoms with E-state index in [1.54, 1.807) is 6.92 Å². The number of ether oxygens (including phenoxy) is 1. The van der Waals surface area contributed by atoms with Crippen LogP contribution in [0.5, 0.6) is 0 Å². The van der Waals surface area contributed by atoms with Crippen LogP contribution in [0.25, 0.3) is 0 Å². The summed E-state index contributed by atoms with van der Waals surface area (Å²) in [6.45, 7) is 3.90. The third-order valence-electron chi connectivity index (χ3n) is 3.15. The minimum atomic E-state index is -0.968. The van der Waals surface area contributed by atoms with Gasteiger partial charge in [0.2, 0.25) is 5.82 Å². The first-order valence-electron chi connectivity index (χ1n) is 7.10. The molecule has 0 spiro atoms. The first-order chi connectivity index (χ1) is 9.95. The number of nitro benzene ring substituents is 1. The Morgan fingerprint density at radius 2 is 2.10 bits per heavy atom. The van der Waals surface area contributed by atoms with Crippen LogP contribution in [-0.2, 0) is 4.74 Å². The van der Waals surface area contributed by atoms with Gasteiger partial charge in [-0.25, -0.2) is 4.79 Å². The molecule has 0 saturated carbocycles. The zero-order valence-corrected chi connectivity index (χ0v) is 12.3. The lowest BCUT2D eigenvalue weighted by atomic mass is 10.1. The molecule has 1 aromatic rings. The topological polar surface area (TPSA) is 69.4 Å². The Hall–Kier alpha value is -1.98. The van der Waals surface area contributed by atoms with Gasteiger partial charge in [-0.3, -0.25) is 10.1 Å². The molecule has 0 aliphatic carbocycles. The highest BCUT2D eigenvalue weighted by Crippen LogP contribution is 2.20. The summed E-state index contributed by atoms with van der Waals surface area (Å²) in [6, 6.07) is 3.00. The minimum Gasteiger partial charge on any atom is -0.459 e. The summed E-state index contributed by atoms with van der Waals surface area (Å²) in [4.78, 5) is 21.6. The van der Waals surface area contributed by atoms with Gasteiger partial charge in [-0.1, -0.05) is 26.2 Å². The molecule has 0 aliphatic heterocycles. The second-order valence-electron chi connectivity index (χ2n) is 4.99. The van der Waals surface area contributed by atoms with Crippen LogP contribution in [0.1, 0.15) is 56.3 Å². The van der Waals surface area contributed by atoms with Gasteiger partial charge < -0.3 is 4.74 Å². The van der Waals surface area contributed by atoms with Crippen molar-refractivity contribution >= 4 is 11.7 Å². The average Bonchev–Trinajstić information content (AvgIpc) is 2.43. The first kappa shape index (κ1) is 17.1. The fourth-order valence-electron chi connectivity index (χ4n) is 1.95. The van der Waals surface area contributed by atoms with Crippen LogP contribution in [0.4, 0.5) is 10.1 Å². The smallest absolute Gasteiger partial charge is 0.338 e. The van der Waals surface area contributed by atoms with Crippen molar-refractivity contribution in [2.75, 3.05) is 0 Å². The fourth-order valence-corrected chi connectivity index (χ4v) is 1.95. The third kappa shape index (κ3) is 5.49. The van der Waals surface area contributed by atoms with Gasteiger partial charge in [0.05, 0.1) is 16.6 Å². The number of carbonyl (C=O) groups is 1. The zero-order chi connectivity index (χ0) is 15.8. The molecule has 0 heterocycles. The Kier molecular flexibility index (Phi) is 6.78. The van der Waals surface area contributed by atoms with E-state index in [2.05, 4.69) is 6.92 Å². The number of unbranched alkanes of at least 4 members (excludes halogenated alkanes) is 3. The molecule has 0 amide bonds. The Bertz CT molecular complexity index is 504. The third-order valence-corrected chi connectivity index (χ3v) is 3.15. The fraction of sp³-hybridized carbons (Fsp3) is 0.533. The molecule has 0 saturated heterocycles. The second-order valence-corrected chi connectivity index (χ2v) is 4.99. The summed E-state index contributed by atoms with van der Waals surface area (Å²) < 4.78 is 18.4. The van der Waals surface area contributed by atoms with Gasteiger partial charge in [-0.15, -0.1) is 0 Å². The molecule has 21 heavy (non-hydrogen) atoms. The number of halogens is 1. The van der Waals surface area contributed by atoms with Crippen molar-refractivity contribution in [2.45, 2.75) is 52.1 Å². The highest BCUT2D eigenvalue weighted by molar-refractivity contribution is 5.90. The van der Waals surface area contributed by atoms with Crippen LogP contribution >= 0.6 is 0 Å². The summed E-state index contributed by atoms with van der Waals surface area (Å²) in [5, 5.41) is 10.6. The molecule has 0 bridgehead atoms. The van der Waals surface area contributed by atoms with Crippen molar-refractivity contribution in [3.8, 4) is 0 Å². The van der Waals surface area contributed by atoms with Gasteiger partial charge in [-0.2, -0.15) is 4.39 Å². The lowest BCUT2D eigenvalue weighted by Crippen LogP contribution is -2.15. The number of nitro groups is 1. The lowest BCUT2D eigenvalue weighted by molar-refractivity contribution is -0.387. The predicted molar refractivity (Wildman–Crippen MR) is 76.7 cm³/mol. The first-order valence-corrected chi connectivity index (χ1v) is 7.10. The van der Waals surface area contributed by atoms with E-state index >= 15 is 0 Å². The number of carbonyl (C=O) groups excluding carboxylic acids is 1. The van der Waals surface area contributed by atoms with Crippen molar-refractivity contribution < 1.29 is 18.8 Å². The van der Waals surface area contributed by atoms with Gasteiger partial charge >= 0.3 is 11.7 Å². The summed E-state index contributed by atoms with van der Waals surface area (Å²) in [5.41, 5.74) is -0.733. The highest BCUT2D eigenvalue weighted by atomic mass is 19.1. The molecule has 0 radical (unpaired) electrons. The normalized spacial score (nSPS) is 12.0. The summed E-state index contributed by atoms with van der Waals surface area (Å²) in [7, 11) is 0. The second kappa shape index (κ2) is 8.34. The largest absolute Gasteiger partial charge is 0.459 e. The molecule has 1 rings (SSSR count). The van der Waals surface area contributed by atoms with E-state index in [1.165, 1.54) is 6.07 Å². The minimum absolute atomic E-state index is 0.0106. The van der Waals surface area contributed by atoms with Crippen LogP contribution < -0.4 is 0 Å². The maximum absolute atomic E-state index is 13.2. The SMILES string of the molecule is CCCCCCC(C)OC(=O)c1ccc(F)c([N+](=O)[O-])c1. The molecule has 0 fully saturated rings.